The van der Waals surface area contributed by atoms with E-state index in [4.69, 9.17) is 4.74 Å². The number of ether oxygens (including phenoxy) is 1. The van der Waals surface area contributed by atoms with Crippen LogP contribution >= 0.6 is 0 Å². The smallest absolute Gasteiger partial charge is 0.338 e. The molecule has 1 N–H and O–H groups in total. The minimum absolute atomic E-state index is 0.0675. The highest BCUT2D eigenvalue weighted by atomic mass is 16.5. The third-order valence-electron chi connectivity index (χ3n) is 6.51. The van der Waals surface area contributed by atoms with Crippen LogP contribution in [0.2, 0.25) is 0 Å². The number of carbonyl (C=O) groups is 2. The summed E-state index contributed by atoms with van der Waals surface area (Å²) in [7, 11) is 0. The van der Waals surface area contributed by atoms with Gasteiger partial charge in [-0.2, -0.15) is 0 Å². The van der Waals surface area contributed by atoms with Crippen LogP contribution in [-0.4, -0.2) is 41.5 Å². The zero-order chi connectivity index (χ0) is 19.0. The van der Waals surface area contributed by atoms with E-state index in [9.17, 15) is 9.59 Å². The van der Waals surface area contributed by atoms with E-state index in [1.807, 2.05) is 30.9 Å². The first kappa shape index (κ1) is 18.1. The maximum absolute atomic E-state index is 12.5. The number of benzene rings is 1. The number of esters is 1. The molecule has 1 aliphatic heterocycles. The second kappa shape index (κ2) is 7.37. The summed E-state index contributed by atoms with van der Waals surface area (Å²) in [5.74, 6) is 0.915. The molecule has 1 saturated carbocycles. The Hall–Kier alpha value is -2.30. The van der Waals surface area contributed by atoms with Crippen molar-refractivity contribution in [3.8, 4) is 0 Å². The molecule has 1 aromatic carbocycles. The minimum atomic E-state index is -0.434. The molecule has 0 unspecified atom stereocenters. The normalized spacial score (nSPS) is 22.5. The number of nitrogens with zero attached hydrogens (tertiary/aromatic N) is 1. The molecule has 5 nitrogen and oxygen atoms in total. The first-order valence-corrected chi connectivity index (χ1v) is 10.1. The Balaban J connectivity index is 1.36. The van der Waals surface area contributed by atoms with Crippen LogP contribution in [0.5, 0.6) is 0 Å². The molecule has 2 aromatic rings. The van der Waals surface area contributed by atoms with Gasteiger partial charge in [-0.25, -0.2) is 4.79 Å². The monoisotopic (exact) mass is 368 g/mol. The molecule has 5 heteroatoms. The Morgan fingerprint density at radius 3 is 2.74 bits per heavy atom. The van der Waals surface area contributed by atoms with E-state index in [1.54, 1.807) is 6.07 Å². The third kappa shape index (κ3) is 3.60. The van der Waals surface area contributed by atoms with E-state index in [2.05, 4.69) is 4.98 Å². The van der Waals surface area contributed by atoms with Crippen LogP contribution in [0.15, 0.2) is 18.2 Å². The molecule has 0 spiro atoms. The molecule has 2 heterocycles. The number of amides is 1. The lowest BCUT2D eigenvalue weighted by molar-refractivity contribution is -0.137. The molecule has 2 aliphatic rings. The number of carbonyl (C=O) groups excluding carboxylic acids is 2. The lowest BCUT2D eigenvalue weighted by Gasteiger charge is -2.41. The van der Waals surface area contributed by atoms with Crippen molar-refractivity contribution in [1.29, 1.82) is 0 Å². The summed E-state index contributed by atoms with van der Waals surface area (Å²) in [6, 6.07) is 5.48. The molecular weight excluding hydrogens is 340 g/mol. The molecule has 1 aromatic heterocycles. The van der Waals surface area contributed by atoms with Gasteiger partial charge >= 0.3 is 5.97 Å². The second-order valence-electron chi connectivity index (χ2n) is 8.14. The summed E-state index contributed by atoms with van der Waals surface area (Å²) in [5, 5.41) is 1.02. The maximum Gasteiger partial charge on any atom is 0.338 e. The van der Waals surface area contributed by atoms with Crippen LogP contribution in [0.3, 0.4) is 0 Å². The number of aryl methyl sites for hydroxylation is 2. The zero-order valence-corrected chi connectivity index (χ0v) is 16.2. The Morgan fingerprint density at radius 2 is 1.93 bits per heavy atom. The molecule has 0 bridgehead atoms. The van der Waals surface area contributed by atoms with Crippen LogP contribution in [0.4, 0.5) is 0 Å². The lowest BCUT2D eigenvalue weighted by atomic mass is 9.75. The molecular formula is C22H28N2O3. The fraction of sp³-hybridized carbons (Fsp3) is 0.545. The summed E-state index contributed by atoms with van der Waals surface area (Å²) >= 11 is 0. The number of hydrogen-bond donors (Lipinski definition) is 1. The molecule has 1 saturated heterocycles. The second-order valence-corrected chi connectivity index (χ2v) is 8.14. The van der Waals surface area contributed by atoms with Crippen molar-refractivity contribution in [2.45, 2.75) is 46.0 Å². The summed E-state index contributed by atoms with van der Waals surface area (Å²) in [6.45, 7) is 5.50. The van der Waals surface area contributed by atoms with Gasteiger partial charge in [-0.3, -0.25) is 4.79 Å². The predicted octanol–water partition coefficient (Wildman–Crippen LogP) is 3.98. The van der Waals surface area contributed by atoms with Crippen molar-refractivity contribution in [3.05, 3.63) is 35.0 Å². The lowest BCUT2D eigenvalue weighted by Crippen LogP contribution is -2.46. The average Bonchev–Trinajstić information content (AvgIpc) is 2.98. The number of hydrogen-bond acceptors (Lipinski definition) is 3. The van der Waals surface area contributed by atoms with Crippen molar-refractivity contribution >= 4 is 22.8 Å². The molecule has 0 radical (unpaired) electrons. The number of likely N-dealkylation sites (tertiary alicyclic amines) is 1. The number of nitrogens with one attached hydrogen (secondary N) is 1. The predicted molar refractivity (Wildman–Crippen MR) is 105 cm³/mol. The van der Waals surface area contributed by atoms with Gasteiger partial charge in [-0.15, -0.1) is 0 Å². The fourth-order valence-electron chi connectivity index (χ4n) is 4.72. The average molecular weight is 368 g/mol. The molecule has 1 aliphatic carbocycles. The van der Waals surface area contributed by atoms with E-state index in [0.717, 1.165) is 47.6 Å². The van der Waals surface area contributed by atoms with Crippen LogP contribution in [0, 0.1) is 25.7 Å². The first-order chi connectivity index (χ1) is 13.0. The van der Waals surface area contributed by atoms with Crippen molar-refractivity contribution < 1.29 is 14.3 Å². The first-order valence-electron chi connectivity index (χ1n) is 10.1. The Bertz CT molecular complexity index is 870. The molecule has 2 atom stereocenters. The van der Waals surface area contributed by atoms with Gasteiger partial charge in [0, 0.05) is 29.7 Å². The Morgan fingerprint density at radius 1 is 1.15 bits per heavy atom. The summed E-state index contributed by atoms with van der Waals surface area (Å²) in [6.07, 6.45) is 6.23. The molecule has 4 rings (SSSR count). The molecule has 27 heavy (non-hydrogen) atoms. The van der Waals surface area contributed by atoms with Crippen LogP contribution in [0.1, 0.15) is 53.7 Å². The van der Waals surface area contributed by atoms with Gasteiger partial charge in [0.1, 0.15) is 0 Å². The van der Waals surface area contributed by atoms with Crippen LogP contribution in [0.25, 0.3) is 10.9 Å². The number of aromatic nitrogens is 1. The van der Waals surface area contributed by atoms with Gasteiger partial charge in [0.2, 0.25) is 0 Å². The van der Waals surface area contributed by atoms with E-state index in [1.165, 1.54) is 25.7 Å². The number of aromatic amines is 1. The maximum atomic E-state index is 12.5. The van der Waals surface area contributed by atoms with Gasteiger partial charge in [-0.1, -0.05) is 19.3 Å². The summed E-state index contributed by atoms with van der Waals surface area (Å²) in [4.78, 5) is 30.1. The number of fused-ring (bicyclic) bond motifs is 2. The molecule has 2 fully saturated rings. The van der Waals surface area contributed by atoms with Crippen molar-refractivity contribution in [2.75, 3.05) is 19.7 Å². The molecule has 144 valence electrons. The van der Waals surface area contributed by atoms with Crippen LogP contribution < -0.4 is 0 Å². The minimum Gasteiger partial charge on any atom is -0.452 e. The zero-order valence-electron chi connectivity index (χ0n) is 16.2. The van der Waals surface area contributed by atoms with E-state index in [-0.39, 0.29) is 12.5 Å². The quantitative estimate of drug-likeness (QED) is 0.834. The number of H-pyrrole nitrogens is 1. The highest BCUT2D eigenvalue weighted by molar-refractivity contribution is 5.96. The van der Waals surface area contributed by atoms with Crippen molar-refractivity contribution in [3.63, 3.8) is 0 Å². The van der Waals surface area contributed by atoms with Crippen molar-refractivity contribution in [1.82, 2.24) is 9.88 Å². The van der Waals surface area contributed by atoms with Gasteiger partial charge in [0.15, 0.2) is 6.61 Å². The number of piperidine rings is 1. The fourth-order valence-corrected chi connectivity index (χ4v) is 4.72. The van der Waals surface area contributed by atoms with E-state index < -0.39 is 5.97 Å². The van der Waals surface area contributed by atoms with Crippen molar-refractivity contribution in [2.24, 2.45) is 11.8 Å². The van der Waals surface area contributed by atoms with Gasteiger partial charge in [0.05, 0.1) is 5.56 Å². The summed E-state index contributed by atoms with van der Waals surface area (Å²) in [5.41, 5.74) is 3.72. The largest absolute Gasteiger partial charge is 0.452 e. The van der Waals surface area contributed by atoms with E-state index in [0.29, 0.717) is 11.5 Å². The van der Waals surface area contributed by atoms with Gasteiger partial charge < -0.3 is 14.6 Å². The number of rotatable bonds is 3. The van der Waals surface area contributed by atoms with Crippen LogP contribution in [-0.2, 0) is 9.53 Å². The highest BCUT2D eigenvalue weighted by Crippen LogP contribution is 2.36. The standard InChI is InChI=1S/C22H28N2O3/c1-14-15(2)23-20-8-7-17(11-19(14)20)22(26)27-13-21(25)24-10-9-16-5-3-4-6-18(16)12-24/h7-8,11,16,18,23H,3-6,9-10,12-13H2,1-2H3/t16-,18-/m0/s1. The Kier molecular flexibility index (Phi) is 4.94. The van der Waals surface area contributed by atoms with Gasteiger partial charge in [0.25, 0.3) is 5.91 Å². The third-order valence-corrected chi connectivity index (χ3v) is 6.51. The van der Waals surface area contributed by atoms with Gasteiger partial charge in [-0.05, 0) is 62.3 Å². The summed E-state index contributed by atoms with van der Waals surface area (Å²) < 4.78 is 5.33. The molecule has 1 amide bonds. The topological polar surface area (TPSA) is 62.4 Å². The Labute approximate surface area is 160 Å². The SMILES string of the molecule is Cc1[nH]c2ccc(C(=O)OCC(=O)N3CC[C@@H]4CCCC[C@H]4C3)cc2c1C. The highest BCUT2D eigenvalue weighted by Gasteiger charge is 2.33. The van der Waals surface area contributed by atoms with E-state index >= 15 is 0 Å².